The maximum absolute atomic E-state index is 5.81. The average Bonchev–Trinajstić information content (AvgIpc) is 3.42. The SMILES string of the molecule is COc1c(C)cc(P(c2cc(C)c(OC)c(C)c2)[C@H]2CCCC2[C@@H](C)P(c2ccccc2)c2cc(C)cc(C)c2)cc1C. The first kappa shape index (κ1) is 31.8. The highest BCUT2D eigenvalue weighted by Gasteiger charge is 2.41. The number of aryl methyl sites for hydroxylation is 6. The molecule has 4 atom stereocenters. The molecule has 0 heterocycles. The molecule has 226 valence electrons. The first-order chi connectivity index (χ1) is 20.6. The van der Waals surface area contributed by atoms with Crippen LogP contribution in [-0.2, 0) is 0 Å². The summed E-state index contributed by atoms with van der Waals surface area (Å²) >= 11 is 0. The Hall–Kier alpha value is -2.66. The molecule has 0 aromatic heterocycles. The zero-order chi connectivity index (χ0) is 30.8. The van der Waals surface area contributed by atoms with E-state index in [0.717, 1.165) is 11.5 Å². The Balaban J connectivity index is 1.65. The van der Waals surface area contributed by atoms with Gasteiger partial charge in [-0.3, -0.25) is 0 Å². The van der Waals surface area contributed by atoms with Crippen molar-refractivity contribution in [2.24, 2.45) is 5.92 Å². The molecule has 1 aliphatic rings. The molecule has 5 rings (SSSR count). The molecule has 4 heteroatoms. The molecule has 4 aromatic rings. The average molecular weight is 611 g/mol. The number of methoxy groups -OCH3 is 2. The minimum Gasteiger partial charge on any atom is -0.496 e. The smallest absolute Gasteiger partial charge is 0.124 e. The van der Waals surface area contributed by atoms with Crippen molar-refractivity contribution in [3.8, 4) is 11.5 Å². The second-order valence-electron chi connectivity index (χ2n) is 12.5. The van der Waals surface area contributed by atoms with Gasteiger partial charge in [-0.25, -0.2) is 0 Å². The van der Waals surface area contributed by atoms with Crippen LogP contribution in [0.5, 0.6) is 11.5 Å². The van der Waals surface area contributed by atoms with Gasteiger partial charge < -0.3 is 9.47 Å². The quantitative estimate of drug-likeness (QED) is 0.177. The lowest BCUT2D eigenvalue weighted by Crippen LogP contribution is -2.33. The summed E-state index contributed by atoms with van der Waals surface area (Å²) in [5.74, 6) is 2.67. The lowest BCUT2D eigenvalue weighted by Gasteiger charge is -2.38. The van der Waals surface area contributed by atoms with Crippen LogP contribution in [0.4, 0.5) is 0 Å². The number of hydrogen-bond donors (Lipinski definition) is 0. The van der Waals surface area contributed by atoms with Gasteiger partial charge in [0.25, 0.3) is 0 Å². The third-order valence-electron chi connectivity index (χ3n) is 9.26. The minimum atomic E-state index is -0.599. The fraction of sp³-hybridized carbons (Fsp3) is 0.385. The van der Waals surface area contributed by atoms with E-state index in [1.165, 1.54) is 73.9 Å². The normalized spacial score (nSPS) is 18.1. The van der Waals surface area contributed by atoms with Gasteiger partial charge >= 0.3 is 0 Å². The van der Waals surface area contributed by atoms with Crippen LogP contribution in [0.1, 0.15) is 59.6 Å². The van der Waals surface area contributed by atoms with Crippen LogP contribution in [0.2, 0.25) is 0 Å². The maximum atomic E-state index is 5.81. The molecule has 0 bridgehead atoms. The number of benzene rings is 4. The Morgan fingerprint density at radius 3 is 1.56 bits per heavy atom. The Labute approximate surface area is 262 Å². The summed E-state index contributed by atoms with van der Waals surface area (Å²) in [6, 6.07) is 28.3. The Morgan fingerprint density at radius 1 is 0.605 bits per heavy atom. The van der Waals surface area contributed by atoms with Gasteiger partial charge in [-0.05, 0) is 155 Å². The van der Waals surface area contributed by atoms with Crippen molar-refractivity contribution in [3.63, 3.8) is 0 Å². The van der Waals surface area contributed by atoms with Crippen molar-refractivity contribution in [2.45, 2.75) is 79.0 Å². The second-order valence-corrected chi connectivity index (χ2v) is 17.6. The summed E-state index contributed by atoms with van der Waals surface area (Å²) in [5, 5.41) is 5.98. The van der Waals surface area contributed by atoms with Crippen molar-refractivity contribution in [1.29, 1.82) is 0 Å². The minimum absolute atomic E-state index is 0.515. The van der Waals surface area contributed by atoms with E-state index in [9.17, 15) is 0 Å². The van der Waals surface area contributed by atoms with Crippen molar-refractivity contribution >= 4 is 37.1 Å². The Kier molecular flexibility index (Phi) is 10.0. The summed E-state index contributed by atoms with van der Waals surface area (Å²) in [7, 11) is 2.47. The highest BCUT2D eigenvalue weighted by molar-refractivity contribution is 7.74. The van der Waals surface area contributed by atoms with Crippen LogP contribution in [0.15, 0.2) is 72.8 Å². The maximum Gasteiger partial charge on any atom is 0.124 e. The number of rotatable bonds is 9. The van der Waals surface area contributed by atoms with Crippen LogP contribution in [-0.4, -0.2) is 25.5 Å². The molecule has 2 unspecified atom stereocenters. The van der Waals surface area contributed by atoms with Crippen LogP contribution in [0.25, 0.3) is 0 Å². The highest BCUT2D eigenvalue weighted by atomic mass is 31.1. The predicted molar refractivity (Wildman–Crippen MR) is 190 cm³/mol. The van der Waals surface area contributed by atoms with E-state index in [0.29, 0.717) is 17.2 Å². The molecule has 4 aromatic carbocycles. The molecule has 1 saturated carbocycles. The molecule has 2 nitrogen and oxygen atoms in total. The lowest BCUT2D eigenvalue weighted by atomic mass is 10.0. The summed E-state index contributed by atoms with van der Waals surface area (Å²) in [6.07, 6.45) is 3.87. The first-order valence-electron chi connectivity index (χ1n) is 15.6. The molecular formula is C39H48O2P2. The molecule has 1 aliphatic carbocycles. The van der Waals surface area contributed by atoms with Gasteiger partial charge in [0.15, 0.2) is 0 Å². The van der Waals surface area contributed by atoms with E-state index in [1.54, 1.807) is 14.2 Å². The van der Waals surface area contributed by atoms with Crippen LogP contribution in [0, 0.1) is 47.5 Å². The van der Waals surface area contributed by atoms with Gasteiger partial charge in [0.2, 0.25) is 0 Å². The molecule has 1 fully saturated rings. The molecule has 0 amide bonds. The summed E-state index contributed by atoms with van der Waals surface area (Å²) in [4.78, 5) is 0. The standard InChI is InChI=1S/C39H48O2P2/c1-25-18-26(2)20-33(19-25)42(32-14-11-10-12-15-32)31(7)36-16-13-17-37(36)43(34-21-27(3)38(40-8)28(4)22-34)35-23-29(5)39(41-9)30(6)24-35/h10-12,14-15,18-24,31,36-37H,13,16-17H2,1-9H3/t31-,36?,37+,42?/m1/s1. The van der Waals surface area contributed by atoms with Gasteiger partial charge in [0.1, 0.15) is 11.5 Å². The topological polar surface area (TPSA) is 18.5 Å². The highest BCUT2D eigenvalue weighted by Crippen LogP contribution is 2.57. The van der Waals surface area contributed by atoms with Crippen molar-refractivity contribution < 1.29 is 9.47 Å². The summed E-state index contributed by atoms with van der Waals surface area (Å²) < 4.78 is 11.6. The molecule has 0 saturated heterocycles. The molecule has 0 N–H and O–H groups in total. The lowest BCUT2D eigenvalue weighted by molar-refractivity contribution is 0.408. The Bertz CT molecular complexity index is 1450. The van der Waals surface area contributed by atoms with E-state index in [2.05, 4.69) is 121 Å². The predicted octanol–water partition coefficient (Wildman–Crippen LogP) is 8.68. The van der Waals surface area contributed by atoms with E-state index in [1.807, 2.05) is 0 Å². The molecule has 43 heavy (non-hydrogen) atoms. The number of hydrogen-bond acceptors (Lipinski definition) is 2. The van der Waals surface area contributed by atoms with Crippen molar-refractivity contribution in [3.05, 3.63) is 106 Å². The monoisotopic (exact) mass is 610 g/mol. The summed E-state index contributed by atoms with van der Waals surface area (Å²) in [6.45, 7) is 15.9. The van der Waals surface area contributed by atoms with E-state index in [4.69, 9.17) is 9.47 Å². The van der Waals surface area contributed by atoms with Crippen LogP contribution >= 0.6 is 15.8 Å². The Morgan fingerprint density at radius 2 is 1.09 bits per heavy atom. The van der Waals surface area contributed by atoms with Crippen LogP contribution < -0.4 is 30.7 Å². The third kappa shape index (κ3) is 6.57. The van der Waals surface area contributed by atoms with Gasteiger partial charge in [0.05, 0.1) is 14.2 Å². The van der Waals surface area contributed by atoms with E-state index >= 15 is 0 Å². The third-order valence-corrected chi connectivity index (χ3v) is 15.1. The second kappa shape index (κ2) is 13.5. The zero-order valence-electron chi connectivity index (χ0n) is 27.5. The molecular weight excluding hydrogens is 562 g/mol. The van der Waals surface area contributed by atoms with Gasteiger partial charge in [-0.2, -0.15) is 0 Å². The zero-order valence-corrected chi connectivity index (χ0v) is 29.3. The van der Waals surface area contributed by atoms with Crippen molar-refractivity contribution in [2.75, 3.05) is 14.2 Å². The first-order valence-corrected chi connectivity index (χ1v) is 18.5. The van der Waals surface area contributed by atoms with E-state index < -0.39 is 15.8 Å². The van der Waals surface area contributed by atoms with E-state index in [-0.39, 0.29) is 0 Å². The van der Waals surface area contributed by atoms with Gasteiger partial charge in [-0.1, -0.05) is 73.0 Å². The van der Waals surface area contributed by atoms with Crippen LogP contribution in [0.3, 0.4) is 0 Å². The van der Waals surface area contributed by atoms with Crippen molar-refractivity contribution in [1.82, 2.24) is 0 Å². The fourth-order valence-electron chi connectivity index (χ4n) is 7.65. The fourth-order valence-corrected chi connectivity index (χ4v) is 14.6. The molecule has 0 spiro atoms. The van der Waals surface area contributed by atoms with Gasteiger partial charge in [-0.15, -0.1) is 0 Å². The molecule has 0 radical (unpaired) electrons. The van der Waals surface area contributed by atoms with Gasteiger partial charge in [0, 0.05) is 0 Å². The number of ether oxygens (including phenoxy) is 2. The largest absolute Gasteiger partial charge is 0.496 e. The summed E-state index contributed by atoms with van der Waals surface area (Å²) in [5.41, 5.74) is 8.84. The molecule has 0 aliphatic heterocycles.